The molecule has 0 spiro atoms. The highest BCUT2D eigenvalue weighted by atomic mass is 16.2. The number of carbonyl (C=O) groups excluding carboxylic acids is 2. The molecule has 5 rings (SSSR count). The summed E-state index contributed by atoms with van der Waals surface area (Å²) in [7, 11) is 0. The molecule has 8 heteroatoms. The summed E-state index contributed by atoms with van der Waals surface area (Å²) in [4.78, 5) is 39.2. The van der Waals surface area contributed by atoms with Gasteiger partial charge in [-0.25, -0.2) is 4.98 Å². The van der Waals surface area contributed by atoms with Crippen LogP contribution >= 0.6 is 0 Å². The fourth-order valence-electron chi connectivity index (χ4n) is 5.91. The molecule has 0 bridgehead atoms. The summed E-state index contributed by atoms with van der Waals surface area (Å²) in [6, 6.07) is 4.93. The highest BCUT2D eigenvalue weighted by Crippen LogP contribution is 2.25. The van der Waals surface area contributed by atoms with Crippen LogP contribution in [0.25, 0.3) is 0 Å². The van der Waals surface area contributed by atoms with Gasteiger partial charge < -0.3 is 15.1 Å². The van der Waals surface area contributed by atoms with E-state index < -0.39 is 0 Å². The Morgan fingerprint density at radius 3 is 2.14 bits per heavy atom. The molecule has 0 radical (unpaired) electrons. The van der Waals surface area contributed by atoms with Gasteiger partial charge in [-0.3, -0.25) is 19.4 Å². The van der Waals surface area contributed by atoms with Crippen molar-refractivity contribution in [3.8, 4) is 0 Å². The molecule has 8 nitrogen and oxygen atoms in total. The fourth-order valence-corrected chi connectivity index (χ4v) is 5.91. The summed E-state index contributed by atoms with van der Waals surface area (Å²) in [5.74, 6) is 1.18. The van der Waals surface area contributed by atoms with E-state index in [4.69, 9.17) is 0 Å². The number of anilines is 1. The lowest BCUT2D eigenvalue weighted by Crippen LogP contribution is -2.56. The van der Waals surface area contributed by atoms with Gasteiger partial charge in [0.2, 0.25) is 5.91 Å². The van der Waals surface area contributed by atoms with Gasteiger partial charge in [0.05, 0.1) is 12.1 Å². The number of amides is 2. The molecule has 2 aliphatic carbocycles. The van der Waals surface area contributed by atoms with Crippen LogP contribution in [0.3, 0.4) is 0 Å². The Bertz CT molecular complexity index is 834. The SMILES string of the molecule is O=C(NC1CCCCCC1)c1ccc(N2CCN(CC(=O)N3CCN(C4CCC4)CC3)CC2)nc1. The lowest BCUT2D eigenvalue weighted by atomic mass is 9.91. The molecule has 0 atom stereocenters. The Morgan fingerprint density at radius 1 is 0.829 bits per heavy atom. The smallest absolute Gasteiger partial charge is 0.253 e. The van der Waals surface area contributed by atoms with Crippen molar-refractivity contribution in [2.75, 3.05) is 63.8 Å². The lowest BCUT2D eigenvalue weighted by Gasteiger charge is -2.43. The van der Waals surface area contributed by atoms with E-state index in [1.807, 2.05) is 12.1 Å². The van der Waals surface area contributed by atoms with Crippen molar-refractivity contribution in [2.24, 2.45) is 0 Å². The van der Waals surface area contributed by atoms with E-state index >= 15 is 0 Å². The monoisotopic (exact) mass is 482 g/mol. The molecule has 0 unspecified atom stereocenters. The molecule has 4 fully saturated rings. The van der Waals surface area contributed by atoms with E-state index in [0.29, 0.717) is 18.2 Å². The maximum Gasteiger partial charge on any atom is 0.253 e. The maximum atomic E-state index is 12.8. The zero-order valence-corrected chi connectivity index (χ0v) is 21.2. The van der Waals surface area contributed by atoms with Crippen LogP contribution in [0.4, 0.5) is 5.82 Å². The molecule has 2 aliphatic heterocycles. The Kier molecular flexibility index (Phi) is 8.19. The summed E-state index contributed by atoms with van der Waals surface area (Å²) in [5.41, 5.74) is 0.639. The van der Waals surface area contributed by atoms with Gasteiger partial charge >= 0.3 is 0 Å². The number of carbonyl (C=O) groups is 2. The molecule has 4 aliphatic rings. The zero-order chi connectivity index (χ0) is 24.0. The van der Waals surface area contributed by atoms with Crippen molar-refractivity contribution in [1.29, 1.82) is 0 Å². The normalized spacial score (nSPS) is 23.5. The van der Waals surface area contributed by atoms with Crippen LogP contribution in [-0.4, -0.2) is 102 Å². The van der Waals surface area contributed by atoms with Gasteiger partial charge in [-0.15, -0.1) is 0 Å². The number of piperazine rings is 2. The van der Waals surface area contributed by atoms with E-state index in [2.05, 4.69) is 29.9 Å². The van der Waals surface area contributed by atoms with Crippen molar-refractivity contribution in [3.63, 3.8) is 0 Å². The van der Waals surface area contributed by atoms with Crippen molar-refractivity contribution in [1.82, 2.24) is 25.0 Å². The third kappa shape index (κ3) is 6.33. The van der Waals surface area contributed by atoms with Crippen LogP contribution < -0.4 is 10.2 Å². The molecule has 3 heterocycles. The van der Waals surface area contributed by atoms with Crippen molar-refractivity contribution >= 4 is 17.6 Å². The molecule has 0 aromatic carbocycles. The minimum Gasteiger partial charge on any atom is -0.354 e. The standard InChI is InChI=1S/C27H42N6O2/c34-26(33-18-16-31(17-19-33)24-8-5-9-24)21-30-12-14-32(15-13-30)25-11-10-22(20-28-25)27(35)29-23-6-3-1-2-4-7-23/h10-11,20,23-24H,1-9,12-19,21H2,(H,29,35). The Hall–Kier alpha value is -2.19. The first-order valence-corrected chi connectivity index (χ1v) is 13.9. The van der Waals surface area contributed by atoms with Crippen LogP contribution in [0.15, 0.2) is 18.3 Å². The number of hydrogen-bond acceptors (Lipinski definition) is 6. The summed E-state index contributed by atoms with van der Waals surface area (Å²) < 4.78 is 0. The average Bonchev–Trinajstić information content (AvgIpc) is 3.13. The fraction of sp³-hybridized carbons (Fsp3) is 0.741. The maximum absolute atomic E-state index is 12.8. The Labute approximate surface area is 210 Å². The third-order valence-corrected chi connectivity index (χ3v) is 8.51. The minimum atomic E-state index is -0.00666. The second-order valence-corrected chi connectivity index (χ2v) is 10.8. The highest BCUT2D eigenvalue weighted by molar-refractivity contribution is 5.94. The van der Waals surface area contributed by atoms with Gasteiger partial charge in [-0.1, -0.05) is 32.1 Å². The molecule has 2 saturated carbocycles. The quantitative estimate of drug-likeness (QED) is 0.628. The second kappa shape index (κ2) is 11.7. The van der Waals surface area contributed by atoms with Crippen LogP contribution in [0.2, 0.25) is 0 Å². The predicted octanol–water partition coefficient (Wildman–Crippen LogP) is 2.35. The van der Waals surface area contributed by atoms with Gasteiger partial charge in [0.25, 0.3) is 5.91 Å². The summed E-state index contributed by atoms with van der Waals surface area (Å²) in [6.45, 7) is 7.76. The van der Waals surface area contributed by atoms with Gasteiger partial charge in [-0.2, -0.15) is 0 Å². The predicted molar refractivity (Wildman–Crippen MR) is 138 cm³/mol. The number of nitrogens with one attached hydrogen (secondary N) is 1. The van der Waals surface area contributed by atoms with E-state index in [1.54, 1.807) is 6.20 Å². The summed E-state index contributed by atoms with van der Waals surface area (Å²) in [6.07, 6.45) is 12.9. The number of aromatic nitrogens is 1. The number of rotatable bonds is 6. The minimum absolute atomic E-state index is 0.00666. The van der Waals surface area contributed by atoms with Crippen LogP contribution in [0.1, 0.15) is 68.1 Å². The number of pyridine rings is 1. The van der Waals surface area contributed by atoms with Gasteiger partial charge in [0.1, 0.15) is 5.82 Å². The van der Waals surface area contributed by atoms with E-state index in [9.17, 15) is 9.59 Å². The lowest BCUT2D eigenvalue weighted by molar-refractivity contribution is -0.134. The molecule has 1 aromatic rings. The van der Waals surface area contributed by atoms with Gasteiger partial charge in [0.15, 0.2) is 0 Å². The first-order valence-electron chi connectivity index (χ1n) is 13.9. The molecular weight excluding hydrogens is 440 g/mol. The van der Waals surface area contributed by atoms with Crippen LogP contribution in [-0.2, 0) is 4.79 Å². The number of hydrogen-bond donors (Lipinski definition) is 1. The third-order valence-electron chi connectivity index (χ3n) is 8.51. The molecule has 2 saturated heterocycles. The second-order valence-electron chi connectivity index (χ2n) is 10.8. The molecule has 35 heavy (non-hydrogen) atoms. The van der Waals surface area contributed by atoms with Crippen molar-refractivity contribution in [2.45, 2.75) is 69.9 Å². The molecular formula is C27H42N6O2. The summed E-state index contributed by atoms with van der Waals surface area (Å²) >= 11 is 0. The molecule has 1 N–H and O–H groups in total. The largest absolute Gasteiger partial charge is 0.354 e. The van der Waals surface area contributed by atoms with Crippen molar-refractivity contribution in [3.05, 3.63) is 23.9 Å². The average molecular weight is 483 g/mol. The molecule has 192 valence electrons. The Morgan fingerprint density at radius 2 is 1.54 bits per heavy atom. The van der Waals surface area contributed by atoms with E-state index in [-0.39, 0.29) is 11.8 Å². The molecule has 2 amide bonds. The first-order chi connectivity index (χ1) is 17.2. The molecule has 1 aromatic heterocycles. The first kappa shape index (κ1) is 24.5. The van der Waals surface area contributed by atoms with Gasteiger partial charge in [0, 0.05) is 70.6 Å². The van der Waals surface area contributed by atoms with E-state index in [0.717, 1.165) is 77.1 Å². The van der Waals surface area contributed by atoms with E-state index in [1.165, 1.54) is 44.9 Å². The summed E-state index contributed by atoms with van der Waals surface area (Å²) in [5, 5.41) is 3.20. The van der Waals surface area contributed by atoms with Crippen LogP contribution in [0, 0.1) is 0 Å². The highest BCUT2D eigenvalue weighted by Gasteiger charge is 2.30. The van der Waals surface area contributed by atoms with Crippen LogP contribution in [0.5, 0.6) is 0 Å². The Balaban J connectivity index is 1.04. The number of nitrogens with zero attached hydrogens (tertiary/aromatic N) is 5. The van der Waals surface area contributed by atoms with Gasteiger partial charge in [-0.05, 0) is 37.8 Å². The van der Waals surface area contributed by atoms with Crippen molar-refractivity contribution < 1.29 is 9.59 Å². The topological polar surface area (TPSA) is 72.0 Å². The zero-order valence-electron chi connectivity index (χ0n) is 21.2.